The van der Waals surface area contributed by atoms with Gasteiger partial charge in [0.2, 0.25) is 0 Å². The smallest absolute Gasteiger partial charge is 0.252 e. The Morgan fingerprint density at radius 3 is 2.62 bits per heavy atom. The topological polar surface area (TPSA) is 69.2 Å². The fourth-order valence-electron chi connectivity index (χ4n) is 1.18. The van der Waals surface area contributed by atoms with Crippen LogP contribution in [-0.4, -0.2) is 18.4 Å². The van der Waals surface area contributed by atoms with Gasteiger partial charge in [0, 0.05) is 12.5 Å². The minimum absolute atomic E-state index is 0.0667. The van der Waals surface area contributed by atoms with Gasteiger partial charge in [-0.2, -0.15) is 0 Å². The van der Waals surface area contributed by atoms with Crippen molar-refractivity contribution in [3.63, 3.8) is 0 Å². The van der Waals surface area contributed by atoms with Crippen molar-refractivity contribution >= 4 is 23.5 Å². The number of hydrogen-bond acceptors (Lipinski definition) is 3. The van der Waals surface area contributed by atoms with Crippen LogP contribution in [0.15, 0.2) is 24.3 Å². The van der Waals surface area contributed by atoms with E-state index in [0.717, 1.165) is 0 Å². The summed E-state index contributed by atoms with van der Waals surface area (Å²) < 4.78 is 0. The van der Waals surface area contributed by atoms with Gasteiger partial charge in [-0.25, -0.2) is 0 Å². The van der Waals surface area contributed by atoms with Crippen molar-refractivity contribution in [2.45, 2.75) is 12.8 Å². The molecule has 1 rings (SSSR count). The van der Waals surface area contributed by atoms with Gasteiger partial charge in [-0.15, -0.1) is 0 Å². The number of rotatable bonds is 5. The maximum atomic E-state index is 11.6. The summed E-state index contributed by atoms with van der Waals surface area (Å²) in [6.45, 7) is 0.290. The average molecular weight is 241 g/mol. The minimum Gasteiger partial charge on any atom is -0.550 e. The zero-order valence-corrected chi connectivity index (χ0v) is 9.29. The maximum Gasteiger partial charge on any atom is 0.252 e. The highest BCUT2D eigenvalue weighted by molar-refractivity contribution is 6.33. The molecule has 86 valence electrons. The molecular formula is C11H11ClNO3-. The van der Waals surface area contributed by atoms with E-state index in [9.17, 15) is 14.7 Å². The third-order valence-corrected chi connectivity index (χ3v) is 2.29. The van der Waals surface area contributed by atoms with Crippen molar-refractivity contribution in [1.29, 1.82) is 0 Å². The van der Waals surface area contributed by atoms with Crippen LogP contribution < -0.4 is 10.4 Å². The van der Waals surface area contributed by atoms with Crippen LogP contribution in [-0.2, 0) is 4.79 Å². The second kappa shape index (κ2) is 6.12. The van der Waals surface area contributed by atoms with E-state index < -0.39 is 5.97 Å². The van der Waals surface area contributed by atoms with Crippen molar-refractivity contribution in [2.24, 2.45) is 0 Å². The summed E-state index contributed by atoms with van der Waals surface area (Å²) >= 11 is 5.82. The lowest BCUT2D eigenvalue weighted by atomic mass is 10.2. The standard InChI is InChI=1S/C11H12ClNO3/c12-9-5-2-1-4-8(9)11(16)13-7-3-6-10(14)15/h1-2,4-5H,3,6-7H2,(H,13,16)(H,14,15)/p-1. The SMILES string of the molecule is O=C([O-])CCCNC(=O)c1ccccc1Cl. The second-order valence-corrected chi connectivity index (χ2v) is 3.62. The van der Waals surface area contributed by atoms with Gasteiger partial charge >= 0.3 is 0 Å². The zero-order valence-electron chi connectivity index (χ0n) is 8.53. The van der Waals surface area contributed by atoms with Gasteiger partial charge in [-0.3, -0.25) is 4.79 Å². The number of carboxylic acid groups (broad SMARTS) is 1. The molecule has 0 unspecified atom stereocenters. The fraction of sp³-hybridized carbons (Fsp3) is 0.273. The number of carbonyl (C=O) groups is 2. The van der Waals surface area contributed by atoms with Crippen molar-refractivity contribution in [1.82, 2.24) is 5.32 Å². The lowest BCUT2D eigenvalue weighted by Gasteiger charge is -2.06. The first-order valence-corrected chi connectivity index (χ1v) is 5.21. The Labute approximate surface area is 98.2 Å². The Morgan fingerprint density at radius 2 is 2.00 bits per heavy atom. The Bertz CT molecular complexity index is 393. The zero-order chi connectivity index (χ0) is 12.0. The number of carbonyl (C=O) groups excluding carboxylic acids is 2. The third kappa shape index (κ3) is 3.90. The van der Waals surface area contributed by atoms with E-state index in [1.165, 1.54) is 0 Å². The van der Waals surface area contributed by atoms with E-state index >= 15 is 0 Å². The molecule has 0 heterocycles. The summed E-state index contributed by atoms with van der Waals surface area (Å²) in [5.41, 5.74) is 0.387. The summed E-state index contributed by atoms with van der Waals surface area (Å²) in [7, 11) is 0. The third-order valence-electron chi connectivity index (χ3n) is 1.96. The molecule has 0 atom stereocenters. The summed E-state index contributed by atoms with van der Waals surface area (Å²) in [5, 5.41) is 13.1. The molecular weight excluding hydrogens is 230 g/mol. The van der Waals surface area contributed by atoms with Crippen LogP contribution in [0.3, 0.4) is 0 Å². The summed E-state index contributed by atoms with van der Waals surface area (Å²) in [5.74, 6) is -1.42. The molecule has 1 N–H and O–H groups in total. The number of benzene rings is 1. The Morgan fingerprint density at radius 1 is 1.31 bits per heavy atom. The van der Waals surface area contributed by atoms with E-state index in [1.807, 2.05) is 0 Å². The molecule has 1 aromatic rings. The van der Waals surface area contributed by atoms with Crippen LogP contribution in [0.4, 0.5) is 0 Å². The molecule has 0 bridgehead atoms. The molecule has 0 aliphatic heterocycles. The van der Waals surface area contributed by atoms with Crippen molar-refractivity contribution in [3.8, 4) is 0 Å². The molecule has 0 aliphatic carbocycles. The second-order valence-electron chi connectivity index (χ2n) is 3.21. The highest BCUT2D eigenvalue weighted by atomic mass is 35.5. The first kappa shape index (κ1) is 12.5. The molecule has 0 saturated carbocycles. The molecule has 5 heteroatoms. The molecule has 0 aliphatic rings. The largest absolute Gasteiger partial charge is 0.550 e. The quantitative estimate of drug-likeness (QED) is 0.767. The van der Waals surface area contributed by atoms with Crippen LogP contribution in [0.25, 0.3) is 0 Å². The number of amides is 1. The lowest BCUT2D eigenvalue weighted by Crippen LogP contribution is -2.27. The Kier molecular flexibility index (Phi) is 4.79. The predicted octanol–water partition coefficient (Wildman–Crippen LogP) is 0.600. The van der Waals surface area contributed by atoms with Crippen molar-refractivity contribution in [2.75, 3.05) is 6.54 Å². The molecule has 0 radical (unpaired) electrons. The van der Waals surface area contributed by atoms with Gasteiger partial charge in [0.1, 0.15) is 0 Å². The molecule has 0 aromatic heterocycles. The lowest BCUT2D eigenvalue weighted by molar-refractivity contribution is -0.305. The normalized spacial score (nSPS) is 9.81. The summed E-state index contributed by atoms with van der Waals surface area (Å²) in [6, 6.07) is 6.67. The van der Waals surface area contributed by atoms with Crippen LogP contribution in [0.2, 0.25) is 5.02 Å². The Balaban J connectivity index is 2.41. The number of aliphatic carboxylic acids is 1. The van der Waals surface area contributed by atoms with Gasteiger partial charge in [-0.05, 0) is 25.0 Å². The van der Waals surface area contributed by atoms with Crippen LogP contribution in [0.1, 0.15) is 23.2 Å². The summed E-state index contributed by atoms with van der Waals surface area (Å²) in [6.07, 6.45) is 0.279. The highest BCUT2D eigenvalue weighted by Gasteiger charge is 2.07. The van der Waals surface area contributed by atoms with Crippen LogP contribution >= 0.6 is 11.6 Å². The van der Waals surface area contributed by atoms with E-state index in [2.05, 4.69) is 5.32 Å². The predicted molar refractivity (Wildman–Crippen MR) is 58.0 cm³/mol. The molecule has 0 spiro atoms. The molecule has 0 fully saturated rings. The fourth-order valence-corrected chi connectivity index (χ4v) is 1.40. The summed E-state index contributed by atoms with van der Waals surface area (Å²) in [4.78, 5) is 21.7. The van der Waals surface area contributed by atoms with Gasteiger partial charge in [0.15, 0.2) is 0 Å². The monoisotopic (exact) mass is 240 g/mol. The minimum atomic E-state index is -1.12. The average Bonchev–Trinajstić information content (AvgIpc) is 2.24. The molecule has 1 amide bonds. The highest BCUT2D eigenvalue weighted by Crippen LogP contribution is 2.14. The number of halogens is 1. The van der Waals surface area contributed by atoms with Crippen molar-refractivity contribution < 1.29 is 14.7 Å². The van der Waals surface area contributed by atoms with E-state index in [4.69, 9.17) is 11.6 Å². The number of nitrogens with one attached hydrogen (secondary N) is 1. The van der Waals surface area contributed by atoms with E-state index in [0.29, 0.717) is 17.0 Å². The van der Waals surface area contributed by atoms with Crippen LogP contribution in [0.5, 0.6) is 0 Å². The Hall–Kier alpha value is -1.55. The van der Waals surface area contributed by atoms with Gasteiger partial charge in [-0.1, -0.05) is 23.7 Å². The number of hydrogen-bond donors (Lipinski definition) is 1. The van der Waals surface area contributed by atoms with Crippen LogP contribution in [0, 0.1) is 0 Å². The van der Waals surface area contributed by atoms with E-state index in [1.54, 1.807) is 24.3 Å². The molecule has 4 nitrogen and oxygen atoms in total. The maximum absolute atomic E-state index is 11.6. The molecule has 1 aromatic carbocycles. The van der Waals surface area contributed by atoms with Gasteiger partial charge in [0.25, 0.3) is 5.91 Å². The van der Waals surface area contributed by atoms with Gasteiger partial charge < -0.3 is 15.2 Å². The van der Waals surface area contributed by atoms with Crippen molar-refractivity contribution in [3.05, 3.63) is 34.9 Å². The molecule has 0 saturated heterocycles. The van der Waals surface area contributed by atoms with E-state index in [-0.39, 0.29) is 18.9 Å². The first-order valence-electron chi connectivity index (χ1n) is 4.84. The number of carboxylic acids is 1. The van der Waals surface area contributed by atoms with Gasteiger partial charge in [0.05, 0.1) is 10.6 Å². The molecule has 16 heavy (non-hydrogen) atoms. The first-order chi connectivity index (χ1) is 7.61.